The molecule has 4 rings (SSSR count). The molecule has 2 aliphatic heterocycles. The molecule has 1 fully saturated rings. The number of alkyl carbamates (subject to hydrolysis) is 2. The number of hydrogen-bond acceptors (Lipinski definition) is 8. The molecule has 2 aromatic rings. The Kier molecular flexibility index (Phi) is 8.95. The molecule has 228 valence electrons. The standard InChI is InChI=1S/C28H39N7O7/c1-27(2,3)41-24(37)30-13-12-29-23(36)34-15-19-21-16-33(26(39)35(21)40-17-18-10-8-7-9-11-18)20(22(19)32-34)14-31-25(38)42-28(4,5)6/h7-11,15,20-21H,12-14,16-17H2,1-6H3,(H,29,36)(H,30,37)(H,31,38)/t20-,21-/m1/s1. The summed E-state index contributed by atoms with van der Waals surface area (Å²) < 4.78 is 11.7. The first-order valence-corrected chi connectivity index (χ1v) is 13.8. The van der Waals surface area contributed by atoms with Crippen molar-refractivity contribution >= 4 is 24.2 Å². The van der Waals surface area contributed by atoms with Crippen LogP contribution in [0.15, 0.2) is 36.5 Å². The number of carbonyl (C=O) groups excluding carboxylic acids is 4. The van der Waals surface area contributed by atoms with Crippen LogP contribution in [0.3, 0.4) is 0 Å². The average Bonchev–Trinajstić information content (AvgIpc) is 3.45. The molecule has 5 amide bonds. The van der Waals surface area contributed by atoms with E-state index in [2.05, 4.69) is 21.0 Å². The van der Waals surface area contributed by atoms with Gasteiger partial charge in [0.25, 0.3) is 0 Å². The average molecular weight is 586 g/mol. The van der Waals surface area contributed by atoms with Crippen LogP contribution in [-0.4, -0.2) is 81.4 Å². The van der Waals surface area contributed by atoms with Gasteiger partial charge in [0.2, 0.25) is 0 Å². The fourth-order valence-electron chi connectivity index (χ4n) is 4.55. The topological polar surface area (TPSA) is 156 Å². The van der Waals surface area contributed by atoms with Crippen LogP contribution in [0, 0.1) is 0 Å². The van der Waals surface area contributed by atoms with Gasteiger partial charge in [-0.1, -0.05) is 30.3 Å². The highest BCUT2D eigenvalue weighted by Gasteiger charge is 2.50. The molecule has 0 spiro atoms. The van der Waals surface area contributed by atoms with Gasteiger partial charge in [-0.2, -0.15) is 14.8 Å². The number of carbonyl (C=O) groups is 4. The van der Waals surface area contributed by atoms with Crippen molar-refractivity contribution in [3.05, 3.63) is 53.3 Å². The quantitative estimate of drug-likeness (QED) is 0.398. The van der Waals surface area contributed by atoms with E-state index in [1.54, 1.807) is 52.6 Å². The first kappa shape index (κ1) is 30.6. The van der Waals surface area contributed by atoms with E-state index in [1.165, 1.54) is 5.06 Å². The molecule has 1 aromatic heterocycles. The first-order chi connectivity index (χ1) is 19.7. The van der Waals surface area contributed by atoms with Gasteiger partial charge < -0.3 is 30.3 Å². The predicted molar refractivity (Wildman–Crippen MR) is 150 cm³/mol. The number of benzene rings is 1. The zero-order valence-corrected chi connectivity index (χ0v) is 24.8. The third-order valence-corrected chi connectivity index (χ3v) is 6.24. The van der Waals surface area contributed by atoms with Crippen molar-refractivity contribution in [1.29, 1.82) is 0 Å². The van der Waals surface area contributed by atoms with Gasteiger partial charge in [0, 0.05) is 31.4 Å². The molecule has 0 unspecified atom stereocenters. The van der Waals surface area contributed by atoms with Crippen LogP contribution >= 0.6 is 0 Å². The van der Waals surface area contributed by atoms with Gasteiger partial charge in [-0.25, -0.2) is 19.2 Å². The van der Waals surface area contributed by atoms with Crippen LogP contribution in [0.5, 0.6) is 0 Å². The zero-order chi connectivity index (χ0) is 30.7. The lowest BCUT2D eigenvalue weighted by atomic mass is 9.98. The zero-order valence-electron chi connectivity index (χ0n) is 24.8. The second kappa shape index (κ2) is 12.3. The van der Waals surface area contributed by atoms with Crippen LogP contribution in [0.2, 0.25) is 0 Å². The van der Waals surface area contributed by atoms with Crippen LogP contribution < -0.4 is 16.0 Å². The third-order valence-electron chi connectivity index (χ3n) is 6.24. The largest absolute Gasteiger partial charge is 0.444 e. The summed E-state index contributed by atoms with van der Waals surface area (Å²) in [7, 11) is 0. The molecule has 1 aromatic carbocycles. The highest BCUT2D eigenvalue weighted by Crippen LogP contribution is 2.43. The van der Waals surface area contributed by atoms with Crippen LogP contribution in [0.1, 0.15) is 70.4 Å². The molecule has 0 radical (unpaired) electrons. The molecule has 1 saturated heterocycles. The number of aromatic nitrogens is 2. The molecular formula is C28H39N7O7. The van der Waals surface area contributed by atoms with Gasteiger partial charge in [0.15, 0.2) is 0 Å². The molecule has 0 aliphatic carbocycles. The van der Waals surface area contributed by atoms with E-state index in [0.717, 1.165) is 10.2 Å². The van der Waals surface area contributed by atoms with E-state index >= 15 is 0 Å². The minimum atomic E-state index is -0.698. The SMILES string of the molecule is CC(C)(C)OC(=O)NCCNC(=O)n1cc2c(n1)[C@@H](CNC(=O)OC(C)(C)C)N1C[C@H]2N(OCc2ccccc2)C1=O. The summed E-state index contributed by atoms with van der Waals surface area (Å²) in [5.41, 5.74) is 0.647. The number of rotatable bonds is 8. The van der Waals surface area contributed by atoms with Gasteiger partial charge in [-0.05, 0) is 47.1 Å². The van der Waals surface area contributed by atoms with Crippen molar-refractivity contribution in [3.63, 3.8) is 0 Å². The summed E-state index contributed by atoms with van der Waals surface area (Å²) in [5, 5.41) is 13.8. The van der Waals surface area contributed by atoms with E-state index in [4.69, 9.17) is 14.3 Å². The maximum absolute atomic E-state index is 13.4. The molecule has 2 aliphatic rings. The number of ether oxygens (including phenoxy) is 2. The first-order valence-electron chi connectivity index (χ1n) is 13.8. The Balaban J connectivity index is 1.48. The Morgan fingerprint density at radius 3 is 2.19 bits per heavy atom. The van der Waals surface area contributed by atoms with Gasteiger partial charge >= 0.3 is 24.2 Å². The number of hydrogen-bond donors (Lipinski definition) is 3. The predicted octanol–water partition coefficient (Wildman–Crippen LogP) is 3.46. The van der Waals surface area contributed by atoms with Crippen molar-refractivity contribution in [1.82, 2.24) is 35.7 Å². The number of nitrogens with zero attached hydrogens (tertiary/aromatic N) is 4. The Morgan fingerprint density at radius 2 is 1.55 bits per heavy atom. The summed E-state index contributed by atoms with van der Waals surface area (Å²) in [6.45, 7) is 11.3. The summed E-state index contributed by atoms with van der Waals surface area (Å²) in [6.07, 6.45) is 0.341. The maximum atomic E-state index is 13.4. The summed E-state index contributed by atoms with van der Waals surface area (Å²) in [6, 6.07) is 7.39. The minimum Gasteiger partial charge on any atom is -0.444 e. The van der Waals surface area contributed by atoms with Crippen molar-refractivity contribution in [2.24, 2.45) is 0 Å². The van der Waals surface area contributed by atoms with Crippen LogP contribution in [0.4, 0.5) is 19.2 Å². The van der Waals surface area contributed by atoms with Crippen molar-refractivity contribution in [3.8, 4) is 0 Å². The Bertz CT molecular complexity index is 1300. The maximum Gasteiger partial charge on any atom is 0.407 e. The lowest BCUT2D eigenvalue weighted by molar-refractivity contribution is -0.141. The normalized spacial score (nSPS) is 17.9. The molecule has 3 heterocycles. The Morgan fingerprint density at radius 1 is 0.929 bits per heavy atom. The van der Waals surface area contributed by atoms with E-state index in [0.29, 0.717) is 11.3 Å². The van der Waals surface area contributed by atoms with Crippen LogP contribution in [0.25, 0.3) is 0 Å². The molecule has 2 atom stereocenters. The number of hydroxylamine groups is 2. The Labute approximate surface area is 244 Å². The van der Waals surface area contributed by atoms with E-state index in [9.17, 15) is 19.2 Å². The van der Waals surface area contributed by atoms with Crippen molar-refractivity contribution in [2.75, 3.05) is 26.2 Å². The van der Waals surface area contributed by atoms with Crippen LogP contribution in [-0.2, 0) is 20.9 Å². The van der Waals surface area contributed by atoms with Gasteiger partial charge in [-0.15, -0.1) is 0 Å². The summed E-state index contributed by atoms with van der Waals surface area (Å²) in [5.74, 6) is 0. The van der Waals surface area contributed by atoms with E-state index < -0.39 is 41.5 Å². The third kappa shape index (κ3) is 7.69. The fraction of sp³-hybridized carbons (Fsp3) is 0.536. The second-order valence-corrected chi connectivity index (χ2v) is 12.0. The molecule has 3 N–H and O–H groups in total. The van der Waals surface area contributed by atoms with Crippen molar-refractivity contribution < 1.29 is 33.5 Å². The Hall–Kier alpha value is -4.33. The minimum absolute atomic E-state index is 0.0192. The lowest BCUT2D eigenvalue weighted by Crippen LogP contribution is -2.42. The van der Waals surface area contributed by atoms with E-state index in [1.807, 2.05) is 30.3 Å². The second-order valence-electron chi connectivity index (χ2n) is 12.0. The van der Waals surface area contributed by atoms with Gasteiger partial charge in [0.05, 0.1) is 18.3 Å². The molecule has 2 bridgehead atoms. The highest BCUT2D eigenvalue weighted by atomic mass is 16.7. The fourth-order valence-corrected chi connectivity index (χ4v) is 4.55. The lowest BCUT2D eigenvalue weighted by Gasteiger charge is -2.30. The van der Waals surface area contributed by atoms with Gasteiger partial charge in [0.1, 0.15) is 23.9 Å². The number of nitrogens with one attached hydrogen (secondary N) is 3. The van der Waals surface area contributed by atoms with Gasteiger partial charge in [-0.3, -0.25) is 4.84 Å². The molecular weight excluding hydrogens is 546 g/mol. The smallest absolute Gasteiger partial charge is 0.407 e. The van der Waals surface area contributed by atoms with Crippen molar-refractivity contribution in [2.45, 2.75) is 71.4 Å². The van der Waals surface area contributed by atoms with E-state index in [-0.39, 0.29) is 38.8 Å². The monoisotopic (exact) mass is 585 g/mol. The summed E-state index contributed by atoms with van der Waals surface area (Å²) >= 11 is 0. The highest BCUT2D eigenvalue weighted by molar-refractivity contribution is 5.80. The molecule has 0 saturated carbocycles. The summed E-state index contributed by atoms with van der Waals surface area (Å²) in [4.78, 5) is 58.2. The molecule has 14 nitrogen and oxygen atoms in total. The molecule has 14 heteroatoms. The molecule has 42 heavy (non-hydrogen) atoms. The number of urea groups is 1. The number of fused-ring (bicyclic) bond motifs is 4. The number of amides is 5.